The number of aliphatic imine (C=N–C) groups is 1. The van der Waals surface area contributed by atoms with E-state index in [1.807, 2.05) is 0 Å². The van der Waals surface area contributed by atoms with Gasteiger partial charge in [-0.2, -0.15) is 0 Å². The third kappa shape index (κ3) is 4.65. The first-order valence-corrected chi connectivity index (χ1v) is 8.69. The number of carbonyl (C=O) groups is 2. The minimum absolute atomic E-state index is 0.282. The lowest BCUT2D eigenvalue weighted by Gasteiger charge is -2.06. The van der Waals surface area contributed by atoms with Crippen molar-refractivity contribution < 1.29 is 19.4 Å². The Labute approximate surface area is 158 Å². The molecule has 6 nitrogen and oxygen atoms in total. The molecule has 0 unspecified atom stereocenters. The summed E-state index contributed by atoms with van der Waals surface area (Å²) in [6.07, 6.45) is 1.64. The van der Waals surface area contributed by atoms with Gasteiger partial charge in [0.2, 0.25) is 0 Å². The van der Waals surface area contributed by atoms with Gasteiger partial charge in [0.25, 0.3) is 5.91 Å². The zero-order valence-electron chi connectivity index (χ0n) is 13.3. The van der Waals surface area contributed by atoms with Crippen LogP contribution in [0, 0.1) is 0 Å². The third-order valence-electron chi connectivity index (χ3n) is 3.26. The Balaban J connectivity index is 1.81. The van der Waals surface area contributed by atoms with Crippen molar-refractivity contribution in [3.05, 3.63) is 64.0 Å². The van der Waals surface area contributed by atoms with Gasteiger partial charge < -0.3 is 15.2 Å². The standard InChI is InChI=1S/C18H13ClN2O4S/c19-12-5-7-13(8-6-12)20-18-21-17(24)15(26-18)9-11-3-1-2-4-14(11)25-10-16(22)23/h1-9H,10H2,(H,22,23)(H,20,21,24)/b15-9+. The van der Waals surface area contributed by atoms with E-state index in [1.54, 1.807) is 54.6 Å². The summed E-state index contributed by atoms with van der Waals surface area (Å²) in [5, 5.41) is 12.5. The van der Waals surface area contributed by atoms with Crippen LogP contribution in [0.5, 0.6) is 5.75 Å². The number of nitrogens with one attached hydrogen (secondary N) is 1. The number of thioether (sulfide) groups is 1. The van der Waals surface area contributed by atoms with Crippen molar-refractivity contribution in [3.63, 3.8) is 0 Å². The Morgan fingerprint density at radius 1 is 1.23 bits per heavy atom. The first-order valence-electron chi connectivity index (χ1n) is 7.50. The van der Waals surface area contributed by atoms with E-state index in [1.165, 1.54) is 11.8 Å². The van der Waals surface area contributed by atoms with Crippen molar-refractivity contribution in [2.75, 3.05) is 6.61 Å². The molecule has 0 bridgehead atoms. The number of hydrogen-bond donors (Lipinski definition) is 2. The number of ether oxygens (including phenoxy) is 1. The fraction of sp³-hybridized carbons (Fsp3) is 0.0556. The second-order valence-corrected chi connectivity index (χ2v) is 6.65. The average molecular weight is 389 g/mol. The maximum absolute atomic E-state index is 12.2. The molecule has 0 aromatic heterocycles. The molecule has 1 heterocycles. The first kappa shape index (κ1) is 18.0. The number of amides is 1. The molecule has 8 heteroatoms. The third-order valence-corrected chi connectivity index (χ3v) is 4.43. The van der Waals surface area contributed by atoms with E-state index in [0.717, 1.165) is 0 Å². The number of hydrogen-bond acceptors (Lipinski definition) is 5. The highest BCUT2D eigenvalue weighted by atomic mass is 35.5. The molecule has 3 rings (SSSR count). The Morgan fingerprint density at radius 3 is 2.69 bits per heavy atom. The molecule has 26 heavy (non-hydrogen) atoms. The van der Waals surface area contributed by atoms with Crippen LogP contribution in [0.15, 0.2) is 58.4 Å². The summed E-state index contributed by atoms with van der Waals surface area (Å²) in [6, 6.07) is 13.8. The zero-order chi connectivity index (χ0) is 18.5. The monoisotopic (exact) mass is 388 g/mol. The average Bonchev–Trinajstić information content (AvgIpc) is 2.95. The van der Waals surface area contributed by atoms with Gasteiger partial charge >= 0.3 is 5.97 Å². The van der Waals surface area contributed by atoms with Gasteiger partial charge in [0.1, 0.15) is 5.75 Å². The van der Waals surface area contributed by atoms with Crippen LogP contribution in [0.3, 0.4) is 0 Å². The highest BCUT2D eigenvalue weighted by molar-refractivity contribution is 8.18. The smallest absolute Gasteiger partial charge is 0.341 e. The van der Waals surface area contributed by atoms with Crippen LogP contribution in [-0.4, -0.2) is 28.8 Å². The highest BCUT2D eigenvalue weighted by Crippen LogP contribution is 2.30. The lowest BCUT2D eigenvalue weighted by molar-refractivity contribution is -0.139. The minimum atomic E-state index is -1.07. The number of carboxylic acid groups (broad SMARTS) is 1. The normalized spacial score (nSPS) is 16.7. The zero-order valence-corrected chi connectivity index (χ0v) is 14.9. The number of carbonyl (C=O) groups excluding carboxylic acids is 1. The summed E-state index contributed by atoms with van der Waals surface area (Å²) in [7, 11) is 0. The van der Waals surface area contributed by atoms with Crippen LogP contribution in [-0.2, 0) is 9.59 Å². The lowest BCUT2D eigenvalue weighted by Crippen LogP contribution is -2.19. The van der Waals surface area contributed by atoms with Crippen LogP contribution in [0.4, 0.5) is 5.69 Å². The number of aliphatic carboxylic acids is 1. The summed E-state index contributed by atoms with van der Waals surface area (Å²) in [5.41, 5.74) is 1.28. The van der Waals surface area contributed by atoms with E-state index >= 15 is 0 Å². The molecule has 0 spiro atoms. The Kier molecular flexibility index (Phi) is 5.60. The molecule has 1 saturated heterocycles. The Morgan fingerprint density at radius 2 is 1.96 bits per heavy atom. The van der Waals surface area contributed by atoms with Crippen LogP contribution in [0.2, 0.25) is 5.02 Å². The Bertz CT molecular complexity index is 910. The molecule has 0 atom stereocenters. The molecule has 132 valence electrons. The Hall–Kier alpha value is -2.77. The summed E-state index contributed by atoms with van der Waals surface area (Å²) in [6.45, 7) is -0.456. The topological polar surface area (TPSA) is 88.0 Å². The number of halogens is 1. The van der Waals surface area contributed by atoms with Gasteiger partial charge in [-0.15, -0.1) is 0 Å². The van der Waals surface area contributed by atoms with E-state index in [9.17, 15) is 9.59 Å². The van der Waals surface area contributed by atoms with Crippen molar-refractivity contribution in [1.82, 2.24) is 5.32 Å². The van der Waals surface area contributed by atoms with Crippen LogP contribution in [0.1, 0.15) is 5.56 Å². The number of rotatable bonds is 5. The van der Waals surface area contributed by atoms with Crippen molar-refractivity contribution in [2.45, 2.75) is 0 Å². The fourth-order valence-electron chi connectivity index (χ4n) is 2.13. The molecule has 1 amide bonds. The number of amidine groups is 1. The van der Waals surface area contributed by atoms with Crippen LogP contribution >= 0.6 is 23.4 Å². The fourth-order valence-corrected chi connectivity index (χ4v) is 3.08. The van der Waals surface area contributed by atoms with Crippen molar-refractivity contribution in [1.29, 1.82) is 0 Å². The molecule has 0 radical (unpaired) electrons. The number of nitrogens with zero attached hydrogens (tertiary/aromatic N) is 1. The second-order valence-electron chi connectivity index (χ2n) is 5.18. The maximum Gasteiger partial charge on any atom is 0.341 e. The van der Waals surface area contributed by atoms with Gasteiger partial charge in [-0.3, -0.25) is 4.79 Å². The molecular weight excluding hydrogens is 376 g/mol. The lowest BCUT2D eigenvalue weighted by atomic mass is 10.2. The van der Waals surface area contributed by atoms with Gasteiger partial charge in [0.05, 0.1) is 10.6 Å². The van der Waals surface area contributed by atoms with Crippen molar-refractivity contribution in [2.24, 2.45) is 4.99 Å². The molecule has 2 aromatic rings. The molecule has 1 aliphatic rings. The van der Waals surface area contributed by atoms with Crippen molar-refractivity contribution >= 4 is 52.2 Å². The SMILES string of the molecule is O=C(O)COc1ccccc1/C=C1/SC(=Nc2ccc(Cl)cc2)NC1=O. The summed E-state index contributed by atoms with van der Waals surface area (Å²) in [4.78, 5) is 27.7. The van der Waals surface area contributed by atoms with Crippen LogP contribution < -0.4 is 10.1 Å². The largest absolute Gasteiger partial charge is 0.481 e. The van der Waals surface area contributed by atoms with Gasteiger partial charge in [-0.25, -0.2) is 9.79 Å². The molecule has 0 aliphatic carbocycles. The number of benzene rings is 2. The van der Waals surface area contributed by atoms with Gasteiger partial charge in [-0.05, 0) is 48.2 Å². The molecule has 2 aromatic carbocycles. The van der Waals surface area contributed by atoms with Gasteiger partial charge in [-0.1, -0.05) is 29.8 Å². The number of carboxylic acids is 1. The van der Waals surface area contributed by atoms with E-state index in [4.69, 9.17) is 21.4 Å². The summed E-state index contributed by atoms with van der Waals surface area (Å²) in [5.74, 6) is -0.965. The van der Waals surface area contributed by atoms with Crippen molar-refractivity contribution in [3.8, 4) is 5.75 Å². The maximum atomic E-state index is 12.2. The minimum Gasteiger partial charge on any atom is -0.481 e. The predicted octanol–water partition coefficient (Wildman–Crippen LogP) is 3.70. The molecule has 1 aliphatic heterocycles. The first-order chi connectivity index (χ1) is 12.5. The molecule has 2 N–H and O–H groups in total. The molecular formula is C18H13ClN2O4S. The van der Waals surface area contributed by atoms with Gasteiger partial charge in [0, 0.05) is 10.6 Å². The van der Waals surface area contributed by atoms with Gasteiger partial charge in [0.15, 0.2) is 11.8 Å². The van der Waals surface area contributed by atoms with E-state index in [0.29, 0.717) is 32.1 Å². The van der Waals surface area contributed by atoms with Crippen LogP contribution in [0.25, 0.3) is 6.08 Å². The quantitative estimate of drug-likeness (QED) is 0.762. The predicted molar refractivity (Wildman–Crippen MR) is 102 cm³/mol. The summed E-state index contributed by atoms with van der Waals surface area (Å²) >= 11 is 7.04. The second kappa shape index (κ2) is 8.07. The summed E-state index contributed by atoms with van der Waals surface area (Å²) < 4.78 is 5.25. The number of para-hydroxylation sites is 1. The van der Waals surface area contributed by atoms with E-state index < -0.39 is 12.6 Å². The molecule has 0 saturated carbocycles. The molecule has 1 fully saturated rings. The van der Waals surface area contributed by atoms with E-state index in [2.05, 4.69) is 10.3 Å². The highest BCUT2D eigenvalue weighted by Gasteiger charge is 2.24. The van der Waals surface area contributed by atoms with E-state index in [-0.39, 0.29) is 5.91 Å².